The maximum absolute atomic E-state index is 4.29. The Labute approximate surface area is 105 Å². The van der Waals surface area contributed by atoms with Crippen molar-refractivity contribution >= 4 is 8.07 Å². The fourth-order valence-corrected chi connectivity index (χ4v) is 3.30. The largest absolute Gasteiger partial charge is 0.0694 e. The van der Waals surface area contributed by atoms with Gasteiger partial charge in [0.15, 0.2) is 0 Å². The number of rotatable bonds is 11. The summed E-state index contributed by atoms with van der Waals surface area (Å²) in [6.07, 6.45) is 14.5. The lowest BCUT2D eigenvalue weighted by Crippen LogP contribution is -2.19. The Bertz CT molecular complexity index is 135. The fourth-order valence-electron chi connectivity index (χ4n) is 2.09. The fraction of sp³-hybridized carbons (Fsp3) is 0.933. The monoisotopic (exact) mass is 241 g/mol. The smallest absolute Gasteiger partial charge is 0.0470 e. The highest BCUT2D eigenvalue weighted by atomic mass is 28.3. The van der Waals surface area contributed by atoms with E-state index in [9.17, 15) is 0 Å². The third kappa shape index (κ3) is 14.2. The molecule has 0 spiro atoms. The van der Waals surface area contributed by atoms with E-state index in [1.165, 1.54) is 70.3 Å². The Kier molecular flexibility index (Phi) is 10.5. The van der Waals surface area contributed by atoms with Crippen molar-refractivity contribution in [2.45, 2.75) is 90.3 Å². The minimum atomic E-state index is -0.998. The van der Waals surface area contributed by atoms with Gasteiger partial charge in [-0.15, -0.1) is 0 Å². The van der Waals surface area contributed by atoms with Gasteiger partial charge in [-0.25, -0.2) is 0 Å². The summed E-state index contributed by atoms with van der Waals surface area (Å²) < 4.78 is 0. The van der Waals surface area contributed by atoms with Crippen LogP contribution in [0, 0.1) is 6.55 Å². The van der Waals surface area contributed by atoms with Crippen LogP contribution in [-0.2, 0) is 0 Å². The van der Waals surface area contributed by atoms with Gasteiger partial charge in [-0.05, 0) is 0 Å². The summed E-state index contributed by atoms with van der Waals surface area (Å²) in [6, 6.07) is 1.42. The van der Waals surface area contributed by atoms with Crippen molar-refractivity contribution in [1.82, 2.24) is 0 Å². The number of hydrogen-bond acceptors (Lipinski definition) is 0. The Balaban J connectivity index is 2.99. The first-order chi connectivity index (χ1) is 7.56. The lowest BCUT2D eigenvalue weighted by atomic mass is 10.1. The van der Waals surface area contributed by atoms with Crippen LogP contribution < -0.4 is 0 Å². The maximum atomic E-state index is 4.29. The molecule has 0 aromatic heterocycles. The molecule has 97 valence electrons. The van der Waals surface area contributed by atoms with Crippen molar-refractivity contribution in [1.29, 1.82) is 0 Å². The van der Waals surface area contributed by atoms with Gasteiger partial charge in [0.25, 0.3) is 0 Å². The Morgan fingerprint density at radius 1 is 0.688 bits per heavy atom. The van der Waals surface area contributed by atoms with Crippen molar-refractivity contribution in [3.8, 4) is 0 Å². The van der Waals surface area contributed by atoms with E-state index in [0.29, 0.717) is 0 Å². The van der Waals surface area contributed by atoms with Gasteiger partial charge in [-0.2, -0.15) is 0 Å². The molecule has 0 bridgehead atoms. The molecule has 1 heteroatoms. The molecular formula is C15H33Si. The summed E-state index contributed by atoms with van der Waals surface area (Å²) in [5, 5.41) is 0. The van der Waals surface area contributed by atoms with Crippen LogP contribution in [0.25, 0.3) is 0 Å². The van der Waals surface area contributed by atoms with Gasteiger partial charge in [0.05, 0.1) is 0 Å². The van der Waals surface area contributed by atoms with E-state index in [0.717, 1.165) is 0 Å². The second-order valence-electron chi connectivity index (χ2n) is 6.10. The van der Waals surface area contributed by atoms with E-state index in [1.54, 1.807) is 0 Å². The van der Waals surface area contributed by atoms with Crippen LogP contribution in [0.4, 0.5) is 0 Å². The molecule has 0 nitrogen and oxygen atoms in total. The molecule has 0 N–H and O–H groups in total. The van der Waals surface area contributed by atoms with Crippen molar-refractivity contribution in [3.05, 3.63) is 6.55 Å². The van der Waals surface area contributed by atoms with Crippen LogP contribution in [0.2, 0.25) is 19.1 Å². The van der Waals surface area contributed by atoms with Gasteiger partial charge in [-0.3, -0.25) is 0 Å². The third-order valence-corrected chi connectivity index (χ3v) is 4.91. The van der Waals surface area contributed by atoms with Gasteiger partial charge >= 0.3 is 0 Å². The van der Waals surface area contributed by atoms with Gasteiger partial charge in [0.1, 0.15) is 0 Å². The van der Waals surface area contributed by atoms with Gasteiger partial charge < -0.3 is 0 Å². The maximum Gasteiger partial charge on any atom is 0.0470 e. The molecule has 16 heavy (non-hydrogen) atoms. The molecule has 0 aliphatic rings. The van der Waals surface area contributed by atoms with E-state index >= 15 is 0 Å². The number of unbranched alkanes of at least 4 members (excludes halogenated alkanes) is 9. The molecule has 0 aromatic rings. The Morgan fingerprint density at radius 2 is 1.06 bits per heavy atom. The molecule has 0 unspecified atom stereocenters. The van der Waals surface area contributed by atoms with Crippen molar-refractivity contribution in [3.63, 3.8) is 0 Å². The van der Waals surface area contributed by atoms with E-state index in [1.807, 2.05) is 0 Å². The Morgan fingerprint density at radius 3 is 1.44 bits per heavy atom. The highest BCUT2D eigenvalue weighted by Gasteiger charge is 2.11. The molecule has 0 heterocycles. The highest BCUT2D eigenvalue weighted by molar-refractivity contribution is 6.79. The molecule has 0 aromatic carbocycles. The summed E-state index contributed by atoms with van der Waals surface area (Å²) >= 11 is 0. The number of hydrogen-bond donors (Lipinski definition) is 0. The second-order valence-corrected chi connectivity index (χ2v) is 10.9. The SMILES string of the molecule is [CH2][Si](C)(C)CCCCCCCCCCCC. The van der Waals surface area contributed by atoms with Gasteiger partial charge in [-0.1, -0.05) is 96.8 Å². The lowest BCUT2D eigenvalue weighted by molar-refractivity contribution is 0.561. The first-order valence-electron chi connectivity index (χ1n) is 7.41. The van der Waals surface area contributed by atoms with E-state index in [-0.39, 0.29) is 0 Å². The average molecular weight is 242 g/mol. The second kappa shape index (κ2) is 10.4. The molecule has 0 amide bonds. The minimum absolute atomic E-state index is 0.998. The molecule has 0 atom stereocenters. The normalized spacial score (nSPS) is 12.0. The molecule has 0 saturated carbocycles. The van der Waals surface area contributed by atoms with Gasteiger partial charge in [0.2, 0.25) is 0 Å². The first kappa shape index (κ1) is 16.2. The molecule has 0 aliphatic carbocycles. The predicted molar refractivity (Wildman–Crippen MR) is 79.5 cm³/mol. The van der Waals surface area contributed by atoms with Crippen LogP contribution in [-0.4, -0.2) is 8.07 Å². The van der Waals surface area contributed by atoms with Crippen LogP contribution in [0.15, 0.2) is 0 Å². The van der Waals surface area contributed by atoms with Crippen LogP contribution >= 0.6 is 0 Å². The first-order valence-corrected chi connectivity index (χ1v) is 10.8. The molecule has 0 rings (SSSR count). The summed E-state index contributed by atoms with van der Waals surface area (Å²) in [4.78, 5) is 0. The zero-order chi connectivity index (χ0) is 12.3. The molecule has 0 aliphatic heterocycles. The quantitative estimate of drug-likeness (QED) is 0.308. The van der Waals surface area contributed by atoms with Crippen molar-refractivity contribution in [2.75, 3.05) is 0 Å². The average Bonchev–Trinajstić information content (AvgIpc) is 2.19. The summed E-state index contributed by atoms with van der Waals surface area (Å²) in [5.41, 5.74) is 0. The zero-order valence-corrected chi connectivity index (χ0v) is 13.0. The van der Waals surface area contributed by atoms with E-state index in [2.05, 4.69) is 26.6 Å². The molecule has 1 radical (unpaired) electrons. The van der Waals surface area contributed by atoms with Gasteiger partial charge in [0, 0.05) is 8.07 Å². The molecule has 0 saturated heterocycles. The van der Waals surface area contributed by atoms with E-state index < -0.39 is 8.07 Å². The topological polar surface area (TPSA) is 0 Å². The van der Waals surface area contributed by atoms with Crippen LogP contribution in [0.5, 0.6) is 0 Å². The molecule has 0 fully saturated rings. The third-order valence-electron chi connectivity index (χ3n) is 3.21. The predicted octanol–water partition coefficient (Wildman–Crippen LogP) is 5.99. The van der Waals surface area contributed by atoms with Crippen LogP contribution in [0.3, 0.4) is 0 Å². The van der Waals surface area contributed by atoms with Crippen molar-refractivity contribution in [2.24, 2.45) is 0 Å². The highest BCUT2D eigenvalue weighted by Crippen LogP contribution is 2.15. The van der Waals surface area contributed by atoms with E-state index in [4.69, 9.17) is 0 Å². The molecular weight excluding hydrogens is 208 g/mol. The lowest BCUT2D eigenvalue weighted by Gasteiger charge is -2.14. The standard InChI is InChI=1S/C15H33Si/c1-5-6-7-8-9-10-11-12-13-14-15-16(2,3)4/h2,5-15H2,1,3-4H3. The van der Waals surface area contributed by atoms with Crippen LogP contribution in [0.1, 0.15) is 71.1 Å². The van der Waals surface area contributed by atoms with Crippen molar-refractivity contribution < 1.29 is 0 Å². The summed E-state index contributed by atoms with van der Waals surface area (Å²) in [6.45, 7) is 11.3. The summed E-state index contributed by atoms with van der Waals surface area (Å²) in [7, 11) is -0.998. The Hall–Kier alpha value is 0.217. The summed E-state index contributed by atoms with van der Waals surface area (Å²) in [5.74, 6) is 0. The minimum Gasteiger partial charge on any atom is -0.0694 e. The zero-order valence-electron chi connectivity index (χ0n) is 12.0.